The van der Waals surface area contributed by atoms with Gasteiger partial charge in [-0.3, -0.25) is 28.9 Å². The molecule has 9 nitrogen and oxygen atoms in total. The number of phenols is 1. The van der Waals surface area contributed by atoms with Crippen LogP contribution in [-0.2, 0) is 25.6 Å². The van der Waals surface area contributed by atoms with Crippen LogP contribution in [0.5, 0.6) is 5.75 Å². The second-order valence-corrected chi connectivity index (χ2v) is 9.04. The van der Waals surface area contributed by atoms with Crippen molar-refractivity contribution in [2.24, 2.45) is 29.4 Å². The van der Waals surface area contributed by atoms with E-state index in [0.29, 0.717) is 5.56 Å². The maximum absolute atomic E-state index is 13.5. The Kier molecular flexibility index (Phi) is 4.68. The molecule has 0 spiro atoms. The van der Waals surface area contributed by atoms with Gasteiger partial charge in [0, 0.05) is 5.92 Å². The first-order chi connectivity index (χ1) is 14.4. The summed E-state index contributed by atoms with van der Waals surface area (Å²) in [6.07, 6.45) is 0.338. The van der Waals surface area contributed by atoms with Gasteiger partial charge in [0.05, 0.1) is 17.5 Å². The molecule has 0 bridgehead atoms. The van der Waals surface area contributed by atoms with E-state index in [1.165, 1.54) is 11.0 Å². The predicted octanol–water partition coefficient (Wildman–Crippen LogP) is -0.825. The Labute approximate surface area is 178 Å². The van der Waals surface area contributed by atoms with E-state index in [0.717, 1.165) is 5.56 Å². The zero-order valence-electron chi connectivity index (χ0n) is 17.4. The highest BCUT2D eigenvalue weighted by Crippen LogP contribution is 2.50. The molecule has 3 aliphatic rings. The minimum atomic E-state index is -2.68. The van der Waals surface area contributed by atoms with Gasteiger partial charge in [-0.1, -0.05) is 6.07 Å². The molecule has 2 unspecified atom stereocenters. The molecule has 1 amide bonds. The summed E-state index contributed by atoms with van der Waals surface area (Å²) in [6.45, 7) is 1.79. The molecule has 0 aliphatic heterocycles. The van der Waals surface area contributed by atoms with Gasteiger partial charge in [0.2, 0.25) is 5.91 Å². The van der Waals surface area contributed by atoms with Crippen molar-refractivity contribution in [3.8, 4) is 5.75 Å². The van der Waals surface area contributed by atoms with Gasteiger partial charge in [0.1, 0.15) is 5.75 Å². The third-order valence-corrected chi connectivity index (χ3v) is 7.18. The molecule has 4 rings (SSSR count). The van der Waals surface area contributed by atoms with Crippen LogP contribution in [-0.4, -0.2) is 69.9 Å². The number of phenolic OH excluding ortho intramolecular Hbond substituents is 1. The summed E-state index contributed by atoms with van der Waals surface area (Å²) in [5.41, 5.74) is 4.01. The Bertz CT molecular complexity index is 1060. The summed E-state index contributed by atoms with van der Waals surface area (Å²) in [4.78, 5) is 66.2. The summed E-state index contributed by atoms with van der Waals surface area (Å²) < 4.78 is 0. The second-order valence-electron chi connectivity index (χ2n) is 9.04. The Morgan fingerprint density at radius 3 is 2.39 bits per heavy atom. The average molecular weight is 428 g/mol. The number of aromatic hydroxyl groups is 1. The van der Waals surface area contributed by atoms with Crippen molar-refractivity contribution in [2.75, 3.05) is 14.1 Å². The van der Waals surface area contributed by atoms with E-state index < -0.39 is 64.4 Å². The minimum absolute atomic E-state index is 0.0200. The van der Waals surface area contributed by atoms with E-state index in [1.807, 2.05) is 0 Å². The molecule has 2 saturated carbocycles. The largest absolute Gasteiger partial charge is 0.507 e. The van der Waals surface area contributed by atoms with Crippen LogP contribution in [0.3, 0.4) is 0 Å². The van der Waals surface area contributed by atoms with Gasteiger partial charge < -0.3 is 15.9 Å². The first-order valence-corrected chi connectivity index (χ1v) is 10.1. The molecule has 0 aromatic heterocycles. The Hall–Kier alpha value is -2.91. The molecule has 0 heterocycles. The van der Waals surface area contributed by atoms with Gasteiger partial charge in [-0.2, -0.15) is 0 Å². The lowest BCUT2D eigenvalue weighted by atomic mass is 9.52. The molecule has 2 fully saturated rings. The quantitative estimate of drug-likeness (QED) is 0.516. The Morgan fingerprint density at radius 1 is 1.16 bits per heavy atom. The zero-order chi connectivity index (χ0) is 23.0. The molecule has 6 atom stereocenters. The lowest BCUT2D eigenvalue weighted by Gasteiger charge is -2.52. The zero-order valence-corrected chi connectivity index (χ0v) is 17.4. The van der Waals surface area contributed by atoms with Gasteiger partial charge in [-0.15, -0.1) is 0 Å². The van der Waals surface area contributed by atoms with Crippen molar-refractivity contribution in [2.45, 2.75) is 31.4 Å². The van der Waals surface area contributed by atoms with Gasteiger partial charge in [0.25, 0.3) is 0 Å². The number of aryl methyl sites for hydroxylation is 1. The molecule has 9 heteroatoms. The molecular weight excluding hydrogens is 404 g/mol. The monoisotopic (exact) mass is 428 g/mol. The van der Waals surface area contributed by atoms with Crippen LogP contribution in [0.2, 0.25) is 0 Å². The number of ketones is 4. The number of carbonyl (C=O) groups excluding carboxylic acids is 5. The third kappa shape index (κ3) is 2.66. The van der Waals surface area contributed by atoms with Crippen LogP contribution >= 0.6 is 0 Å². The van der Waals surface area contributed by atoms with E-state index in [4.69, 9.17) is 5.73 Å². The number of nitrogens with zero attached hydrogens (tertiary/aromatic N) is 1. The number of fused-ring (bicyclic) bond motifs is 3. The van der Waals surface area contributed by atoms with E-state index in [1.54, 1.807) is 27.1 Å². The number of hydrogen-bond donors (Lipinski definition) is 3. The van der Waals surface area contributed by atoms with E-state index in [2.05, 4.69) is 0 Å². The maximum Gasteiger partial charge on any atom is 0.235 e. The lowest BCUT2D eigenvalue weighted by Crippen LogP contribution is -2.74. The standard InChI is InChI=1S/C22H24N2O7/c1-8-4-5-12(25)14-10(8)6-9-7-11-16(24(2)3)18(27)15(21(23)30)20(29)22(11,31)19(28)13(9)17(14)26/h4-5,9,11,13,15-16,25,31H,6-7H2,1-3H3,(H2,23,30)/t9-,11-,13?,15?,16-,22-/m1/s1. The van der Waals surface area contributed by atoms with Gasteiger partial charge >= 0.3 is 0 Å². The first-order valence-electron chi connectivity index (χ1n) is 10.1. The van der Waals surface area contributed by atoms with Crippen LogP contribution in [0.25, 0.3) is 0 Å². The van der Waals surface area contributed by atoms with Crippen molar-refractivity contribution in [1.82, 2.24) is 4.90 Å². The summed E-state index contributed by atoms with van der Waals surface area (Å²) in [5, 5.41) is 21.7. The molecule has 1 aromatic rings. The molecule has 164 valence electrons. The number of hydrogen-bond acceptors (Lipinski definition) is 8. The van der Waals surface area contributed by atoms with Crippen molar-refractivity contribution in [1.29, 1.82) is 0 Å². The fourth-order valence-electron chi connectivity index (χ4n) is 5.76. The number of nitrogens with two attached hydrogens (primary N) is 1. The summed E-state index contributed by atoms with van der Waals surface area (Å²) >= 11 is 0. The van der Waals surface area contributed by atoms with Crippen LogP contribution in [0.15, 0.2) is 12.1 Å². The number of rotatable bonds is 2. The number of aliphatic hydroxyl groups is 1. The van der Waals surface area contributed by atoms with Crippen LogP contribution in [0.4, 0.5) is 0 Å². The highest BCUT2D eigenvalue weighted by molar-refractivity contribution is 6.32. The Balaban J connectivity index is 1.88. The third-order valence-electron chi connectivity index (χ3n) is 7.18. The molecule has 0 saturated heterocycles. The smallest absolute Gasteiger partial charge is 0.235 e. The molecule has 3 aliphatic carbocycles. The summed E-state index contributed by atoms with van der Waals surface area (Å²) in [7, 11) is 3.10. The summed E-state index contributed by atoms with van der Waals surface area (Å²) in [6, 6.07) is 1.95. The van der Waals surface area contributed by atoms with E-state index >= 15 is 0 Å². The Morgan fingerprint density at radius 2 is 1.81 bits per heavy atom. The molecule has 1 aromatic carbocycles. The molecule has 0 radical (unpaired) electrons. The highest BCUT2D eigenvalue weighted by atomic mass is 16.3. The topological polar surface area (TPSA) is 155 Å². The highest BCUT2D eigenvalue weighted by Gasteiger charge is 2.69. The number of amides is 1. The number of likely N-dealkylation sites (N-methyl/N-ethyl adjacent to an activating group) is 1. The van der Waals surface area contributed by atoms with E-state index in [-0.39, 0.29) is 24.2 Å². The van der Waals surface area contributed by atoms with Crippen LogP contribution in [0, 0.1) is 30.6 Å². The maximum atomic E-state index is 13.5. The minimum Gasteiger partial charge on any atom is -0.507 e. The fourth-order valence-corrected chi connectivity index (χ4v) is 5.76. The van der Waals surface area contributed by atoms with Crippen molar-refractivity contribution in [3.63, 3.8) is 0 Å². The summed E-state index contributed by atoms with van der Waals surface area (Å²) in [5.74, 6) is -10.2. The van der Waals surface area contributed by atoms with Gasteiger partial charge in [-0.05, 0) is 57.0 Å². The van der Waals surface area contributed by atoms with Crippen molar-refractivity contribution < 1.29 is 34.2 Å². The molecular formula is C22H24N2O7. The number of Topliss-reactive ketones (excluding diaryl/α,β-unsaturated/α-hetero) is 4. The predicted molar refractivity (Wildman–Crippen MR) is 106 cm³/mol. The van der Waals surface area contributed by atoms with Crippen molar-refractivity contribution >= 4 is 29.0 Å². The second kappa shape index (κ2) is 6.80. The number of benzene rings is 1. The SMILES string of the molecule is Cc1ccc(O)c2c1C[C@@H]1C[C@@H]3[C@@H](N(C)C)C(=O)C(C(N)=O)C(=O)[C@]3(O)C(=O)C1C2=O. The van der Waals surface area contributed by atoms with Gasteiger partial charge in [-0.25, -0.2) is 0 Å². The van der Waals surface area contributed by atoms with E-state index in [9.17, 15) is 34.2 Å². The lowest BCUT2D eigenvalue weighted by molar-refractivity contribution is -0.181. The average Bonchev–Trinajstić information content (AvgIpc) is 2.67. The van der Waals surface area contributed by atoms with Crippen LogP contribution in [0.1, 0.15) is 27.9 Å². The van der Waals surface area contributed by atoms with Crippen LogP contribution < -0.4 is 5.73 Å². The first kappa shape index (κ1) is 21.3. The normalized spacial score (nSPS) is 34.9. The van der Waals surface area contributed by atoms with Gasteiger partial charge in [0.15, 0.2) is 34.7 Å². The fraction of sp³-hybridized carbons (Fsp3) is 0.500. The van der Waals surface area contributed by atoms with Crippen molar-refractivity contribution in [3.05, 3.63) is 28.8 Å². The number of carbonyl (C=O) groups is 5. The molecule has 31 heavy (non-hydrogen) atoms. The number of primary amides is 1. The molecule has 4 N–H and O–H groups in total.